The lowest BCUT2D eigenvalue weighted by molar-refractivity contribution is 0.302. The lowest BCUT2D eigenvalue weighted by Gasteiger charge is -2.12. The first kappa shape index (κ1) is 14.4. The van der Waals surface area contributed by atoms with E-state index in [0.717, 1.165) is 11.3 Å². The molecule has 0 atom stereocenters. The molecule has 0 fully saturated rings. The summed E-state index contributed by atoms with van der Waals surface area (Å²) >= 11 is 18.0. The number of nitrogens with zero attached hydrogens (tertiary/aromatic N) is 1. The van der Waals surface area contributed by atoms with Crippen LogP contribution in [-0.4, -0.2) is 4.98 Å². The molecule has 1 aromatic carbocycles. The summed E-state index contributed by atoms with van der Waals surface area (Å²) in [6, 6.07) is 9.08. The predicted molar refractivity (Wildman–Crippen MR) is 79.3 cm³/mol. The number of rotatable bonds is 4. The Balaban J connectivity index is 2.19. The molecular formula is C14H12Cl3NO. The van der Waals surface area contributed by atoms with Gasteiger partial charge in [-0.3, -0.25) is 4.98 Å². The maximum absolute atomic E-state index is 6.09. The monoisotopic (exact) mass is 315 g/mol. The van der Waals surface area contributed by atoms with Gasteiger partial charge in [-0.2, -0.15) is 0 Å². The minimum atomic E-state index is 0.285. The van der Waals surface area contributed by atoms with Crippen LogP contribution in [0.2, 0.25) is 10.0 Å². The molecule has 0 spiro atoms. The Labute approximate surface area is 127 Å². The van der Waals surface area contributed by atoms with Gasteiger partial charge in [0.1, 0.15) is 12.4 Å². The Morgan fingerprint density at radius 2 is 1.79 bits per heavy atom. The Morgan fingerprint density at radius 1 is 1.11 bits per heavy atom. The Morgan fingerprint density at radius 3 is 2.42 bits per heavy atom. The van der Waals surface area contributed by atoms with Crippen molar-refractivity contribution in [1.82, 2.24) is 4.98 Å². The van der Waals surface area contributed by atoms with Gasteiger partial charge in [0, 0.05) is 21.3 Å². The molecule has 2 nitrogen and oxygen atoms in total. The van der Waals surface area contributed by atoms with Crippen LogP contribution in [0.15, 0.2) is 30.3 Å². The third-order valence-corrected chi connectivity index (χ3v) is 3.59. The van der Waals surface area contributed by atoms with Gasteiger partial charge < -0.3 is 4.74 Å². The lowest BCUT2D eigenvalue weighted by atomic mass is 10.2. The Bertz CT molecular complexity index is 567. The van der Waals surface area contributed by atoms with Crippen molar-refractivity contribution in [1.29, 1.82) is 0 Å². The standard InChI is InChI=1S/C14H12Cl3NO/c1-9-5-6-14(13(7-15)18-9)19-8-10-11(16)3-2-4-12(10)17/h2-6H,7-8H2,1H3. The summed E-state index contributed by atoms with van der Waals surface area (Å²) in [5, 5.41) is 1.17. The zero-order chi connectivity index (χ0) is 13.8. The summed E-state index contributed by atoms with van der Waals surface area (Å²) in [5.41, 5.74) is 2.37. The van der Waals surface area contributed by atoms with Crippen LogP contribution in [0.3, 0.4) is 0 Å². The lowest BCUT2D eigenvalue weighted by Crippen LogP contribution is -2.01. The second-order valence-corrected chi connectivity index (χ2v) is 5.10. The molecule has 0 aliphatic heterocycles. The highest BCUT2D eigenvalue weighted by Gasteiger charge is 2.09. The fourth-order valence-electron chi connectivity index (χ4n) is 1.65. The van der Waals surface area contributed by atoms with Crippen molar-refractivity contribution in [3.05, 3.63) is 57.3 Å². The number of benzene rings is 1. The highest BCUT2D eigenvalue weighted by molar-refractivity contribution is 6.35. The van der Waals surface area contributed by atoms with E-state index >= 15 is 0 Å². The number of hydrogen-bond acceptors (Lipinski definition) is 2. The van der Waals surface area contributed by atoms with Gasteiger partial charge in [-0.05, 0) is 31.2 Å². The largest absolute Gasteiger partial charge is 0.487 e. The molecule has 0 bridgehead atoms. The van der Waals surface area contributed by atoms with Crippen LogP contribution in [0.25, 0.3) is 0 Å². The first-order valence-electron chi connectivity index (χ1n) is 5.70. The van der Waals surface area contributed by atoms with Gasteiger partial charge in [0.2, 0.25) is 0 Å². The number of pyridine rings is 1. The molecule has 19 heavy (non-hydrogen) atoms. The molecule has 1 aromatic heterocycles. The molecule has 100 valence electrons. The zero-order valence-corrected chi connectivity index (χ0v) is 12.6. The van der Waals surface area contributed by atoms with Crippen LogP contribution >= 0.6 is 34.8 Å². The number of alkyl halides is 1. The Kier molecular flexibility index (Phi) is 4.92. The minimum Gasteiger partial charge on any atom is -0.487 e. The average Bonchev–Trinajstić information content (AvgIpc) is 2.39. The van der Waals surface area contributed by atoms with Crippen LogP contribution < -0.4 is 4.74 Å². The van der Waals surface area contributed by atoms with E-state index in [4.69, 9.17) is 39.5 Å². The third-order valence-electron chi connectivity index (χ3n) is 2.63. The van der Waals surface area contributed by atoms with Crippen LogP contribution in [-0.2, 0) is 12.5 Å². The van der Waals surface area contributed by atoms with Crippen molar-refractivity contribution in [2.75, 3.05) is 0 Å². The first-order valence-corrected chi connectivity index (χ1v) is 6.99. The zero-order valence-electron chi connectivity index (χ0n) is 10.3. The van der Waals surface area contributed by atoms with Crippen molar-refractivity contribution < 1.29 is 4.74 Å². The van der Waals surface area contributed by atoms with E-state index in [1.54, 1.807) is 18.2 Å². The molecule has 0 aliphatic rings. The second kappa shape index (κ2) is 6.47. The van der Waals surface area contributed by atoms with Crippen LogP contribution in [0.5, 0.6) is 5.75 Å². The van der Waals surface area contributed by atoms with E-state index in [1.165, 1.54) is 0 Å². The molecule has 0 amide bonds. The summed E-state index contributed by atoms with van der Waals surface area (Å²) in [7, 11) is 0. The maximum Gasteiger partial charge on any atom is 0.142 e. The summed E-state index contributed by atoms with van der Waals surface area (Å²) in [4.78, 5) is 4.33. The molecule has 2 rings (SSSR count). The van der Waals surface area contributed by atoms with E-state index in [-0.39, 0.29) is 6.61 Å². The van der Waals surface area contributed by atoms with E-state index in [0.29, 0.717) is 27.4 Å². The average molecular weight is 317 g/mol. The molecule has 5 heteroatoms. The molecule has 0 aliphatic carbocycles. The normalized spacial score (nSPS) is 10.5. The summed E-state index contributed by atoms with van der Waals surface area (Å²) < 4.78 is 5.71. The molecule has 2 aromatic rings. The minimum absolute atomic E-state index is 0.285. The van der Waals surface area contributed by atoms with E-state index in [9.17, 15) is 0 Å². The van der Waals surface area contributed by atoms with Crippen LogP contribution in [0.4, 0.5) is 0 Å². The molecule has 0 N–H and O–H groups in total. The van der Waals surface area contributed by atoms with Crippen molar-refractivity contribution in [3.8, 4) is 5.75 Å². The van der Waals surface area contributed by atoms with Crippen LogP contribution in [0, 0.1) is 6.92 Å². The summed E-state index contributed by atoms with van der Waals surface area (Å²) in [6.07, 6.45) is 0. The second-order valence-electron chi connectivity index (χ2n) is 4.02. The van der Waals surface area contributed by atoms with Gasteiger partial charge in [0.15, 0.2) is 0 Å². The maximum atomic E-state index is 6.09. The van der Waals surface area contributed by atoms with Gasteiger partial charge in [-0.15, -0.1) is 11.6 Å². The smallest absolute Gasteiger partial charge is 0.142 e. The van der Waals surface area contributed by atoms with E-state index < -0.39 is 0 Å². The number of aryl methyl sites for hydroxylation is 1. The van der Waals surface area contributed by atoms with Crippen molar-refractivity contribution in [2.24, 2.45) is 0 Å². The molecule has 1 heterocycles. The van der Waals surface area contributed by atoms with Gasteiger partial charge in [0.05, 0.1) is 11.6 Å². The van der Waals surface area contributed by atoms with Gasteiger partial charge in [0.25, 0.3) is 0 Å². The van der Waals surface area contributed by atoms with Gasteiger partial charge in [-0.25, -0.2) is 0 Å². The summed E-state index contributed by atoms with van der Waals surface area (Å²) in [6.45, 7) is 2.19. The van der Waals surface area contributed by atoms with Crippen LogP contribution in [0.1, 0.15) is 17.0 Å². The number of hydrogen-bond donors (Lipinski definition) is 0. The fraction of sp³-hybridized carbons (Fsp3) is 0.214. The highest BCUT2D eigenvalue weighted by Crippen LogP contribution is 2.27. The fourth-order valence-corrected chi connectivity index (χ4v) is 2.34. The molecular weight excluding hydrogens is 305 g/mol. The number of ether oxygens (including phenoxy) is 1. The SMILES string of the molecule is Cc1ccc(OCc2c(Cl)cccc2Cl)c(CCl)n1. The predicted octanol–water partition coefficient (Wildman–Crippen LogP) is 5.01. The Hall–Kier alpha value is -0.960. The molecule has 0 saturated carbocycles. The highest BCUT2D eigenvalue weighted by atomic mass is 35.5. The van der Waals surface area contributed by atoms with E-state index in [1.807, 2.05) is 19.1 Å². The quantitative estimate of drug-likeness (QED) is 0.739. The topological polar surface area (TPSA) is 22.1 Å². The van der Waals surface area contributed by atoms with Crippen molar-refractivity contribution in [2.45, 2.75) is 19.4 Å². The summed E-state index contributed by atoms with van der Waals surface area (Å²) in [5.74, 6) is 0.948. The molecule has 0 unspecified atom stereocenters. The van der Waals surface area contributed by atoms with Crippen molar-refractivity contribution in [3.63, 3.8) is 0 Å². The number of halogens is 3. The third kappa shape index (κ3) is 3.53. The number of aromatic nitrogens is 1. The van der Waals surface area contributed by atoms with Gasteiger partial charge in [-0.1, -0.05) is 29.3 Å². The molecule has 0 saturated heterocycles. The van der Waals surface area contributed by atoms with E-state index in [2.05, 4.69) is 4.98 Å². The van der Waals surface area contributed by atoms with Crippen molar-refractivity contribution >= 4 is 34.8 Å². The van der Waals surface area contributed by atoms with Gasteiger partial charge >= 0.3 is 0 Å². The first-order chi connectivity index (χ1) is 9.11. The molecule has 0 radical (unpaired) electrons.